The monoisotopic (exact) mass is 466 g/mol. The van der Waals surface area contributed by atoms with E-state index in [1.807, 2.05) is 50.2 Å². The fraction of sp³-hybridized carbons (Fsp3) is 0.143. The molecular weight excluding hydrogens is 443 g/mol. The van der Waals surface area contributed by atoms with Gasteiger partial charge in [0.2, 0.25) is 0 Å². The number of para-hydroxylation sites is 1. The number of aliphatic imine (C=N–C) groups is 1. The zero-order valence-corrected chi connectivity index (χ0v) is 19.5. The number of benzene rings is 3. The molecule has 1 N–H and O–H groups in total. The number of fused-ring (bicyclic) bond motifs is 1. The van der Waals surface area contributed by atoms with Crippen LogP contribution in [0.4, 0.5) is 10.2 Å². The molecule has 174 valence electrons. The van der Waals surface area contributed by atoms with Gasteiger partial charge in [0.15, 0.2) is 0 Å². The molecule has 2 heterocycles. The van der Waals surface area contributed by atoms with Crippen LogP contribution in [0.1, 0.15) is 39.7 Å². The third-order valence-corrected chi connectivity index (χ3v) is 6.36. The quantitative estimate of drug-likeness (QED) is 0.453. The fourth-order valence-corrected chi connectivity index (χ4v) is 4.70. The summed E-state index contributed by atoms with van der Waals surface area (Å²) in [7, 11) is 0. The molecule has 4 aromatic rings. The van der Waals surface area contributed by atoms with E-state index in [-0.39, 0.29) is 5.71 Å². The van der Waals surface area contributed by atoms with Crippen molar-refractivity contribution in [1.82, 2.24) is 9.78 Å². The van der Waals surface area contributed by atoms with Gasteiger partial charge in [0.1, 0.15) is 17.3 Å². The van der Waals surface area contributed by atoms with Crippen LogP contribution in [0.5, 0.6) is 0 Å². The maximum Gasteiger partial charge on any atom is 0.277 e. The Bertz CT molecular complexity index is 1510. The SMILES string of the molecule is Cc1cccc(C(=O)N=C2C(=O)Nc3c(c(C)nn3-c3ccccc3)C2(C)c2cccc(F)c2)c1. The summed E-state index contributed by atoms with van der Waals surface area (Å²) in [6, 6.07) is 22.4. The molecular formula is C28H23FN4O2. The highest BCUT2D eigenvalue weighted by Gasteiger charge is 2.48. The number of halogens is 1. The third kappa shape index (κ3) is 3.75. The normalized spacial score (nSPS) is 18.3. The van der Waals surface area contributed by atoms with Crippen molar-refractivity contribution in [1.29, 1.82) is 0 Å². The van der Waals surface area contributed by atoms with Gasteiger partial charge in [0.05, 0.1) is 16.8 Å². The van der Waals surface area contributed by atoms with Crippen LogP contribution in [-0.2, 0) is 10.2 Å². The summed E-state index contributed by atoms with van der Waals surface area (Å²) in [5.74, 6) is -1.07. The Balaban J connectivity index is 1.77. The molecule has 5 rings (SSSR count). The average molecular weight is 467 g/mol. The van der Waals surface area contributed by atoms with E-state index in [0.717, 1.165) is 11.3 Å². The van der Waals surface area contributed by atoms with Crippen molar-refractivity contribution in [2.75, 3.05) is 5.32 Å². The predicted octanol–water partition coefficient (Wildman–Crippen LogP) is 5.17. The second-order valence-corrected chi connectivity index (χ2v) is 8.78. The van der Waals surface area contributed by atoms with Gasteiger partial charge in [-0.15, -0.1) is 0 Å². The highest BCUT2D eigenvalue weighted by atomic mass is 19.1. The van der Waals surface area contributed by atoms with E-state index in [4.69, 9.17) is 5.10 Å². The van der Waals surface area contributed by atoms with Crippen molar-refractivity contribution in [3.8, 4) is 5.69 Å². The molecule has 0 bridgehead atoms. The van der Waals surface area contributed by atoms with Crippen LogP contribution in [0.3, 0.4) is 0 Å². The summed E-state index contributed by atoms with van der Waals surface area (Å²) in [5, 5.41) is 7.58. The van der Waals surface area contributed by atoms with Gasteiger partial charge in [-0.05, 0) is 62.7 Å². The number of nitrogens with one attached hydrogen (secondary N) is 1. The van der Waals surface area contributed by atoms with E-state index in [0.29, 0.717) is 28.2 Å². The number of amides is 2. The Labute approximate surface area is 202 Å². The number of hydrogen-bond donors (Lipinski definition) is 1. The Morgan fingerprint density at radius 3 is 2.46 bits per heavy atom. The lowest BCUT2D eigenvalue weighted by Crippen LogP contribution is -2.47. The van der Waals surface area contributed by atoms with Crippen LogP contribution in [-0.4, -0.2) is 27.3 Å². The first kappa shape index (κ1) is 22.4. The molecule has 1 unspecified atom stereocenters. The second kappa shape index (κ2) is 8.43. The van der Waals surface area contributed by atoms with Gasteiger partial charge in [-0.25, -0.2) is 14.1 Å². The molecule has 7 heteroatoms. The first-order chi connectivity index (χ1) is 16.8. The van der Waals surface area contributed by atoms with Crippen molar-refractivity contribution in [2.24, 2.45) is 4.99 Å². The van der Waals surface area contributed by atoms with Crippen LogP contribution in [0, 0.1) is 19.7 Å². The van der Waals surface area contributed by atoms with E-state index in [1.54, 1.807) is 41.9 Å². The lowest BCUT2D eigenvalue weighted by Gasteiger charge is -2.35. The number of nitrogens with zero attached hydrogens (tertiary/aromatic N) is 3. The summed E-state index contributed by atoms with van der Waals surface area (Å²) in [4.78, 5) is 31.0. The van der Waals surface area contributed by atoms with Gasteiger partial charge in [-0.1, -0.05) is 48.0 Å². The van der Waals surface area contributed by atoms with Crippen LogP contribution in [0.2, 0.25) is 0 Å². The molecule has 2 amide bonds. The molecule has 0 saturated carbocycles. The second-order valence-electron chi connectivity index (χ2n) is 8.78. The van der Waals surface area contributed by atoms with E-state index < -0.39 is 23.0 Å². The minimum absolute atomic E-state index is 0.0159. The van der Waals surface area contributed by atoms with Crippen molar-refractivity contribution >= 4 is 23.3 Å². The molecule has 3 aromatic carbocycles. The highest BCUT2D eigenvalue weighted by molar-refractivity contribution is 6.50. The Morgan fingerprint density at radius 1 is 1.00 bits per heavy atom. The van der Waals surface area contributed by atoms with E-state index in [2.05, 4.69) is 10.3 Å². The van der Waals surface area contributed by atoms with Gasteiger partial charge in [0, 0.05) is 11.1 Å². The molecule has 0 saturated heterocycles. The molecule has 0 fully saturated rings. The lowest BCUT2D eigenvalue weighted by atomic mass is 9.70. The van der Waals surface area contributed by atoms with Gasteiger partial charge in [-0.2, -0.15) is 5.10 Å². The summed E-state index contributed by atoms with van der Waals surface area (Å²) < 4.78 is 16.1. The van der Waals surface area contributed by atoms with E-state index in [9.17, 15) is 14.0 Å². The molecule has 1 aromatic heterocycles. The summed E-state index contributed by atoms with van der Waals surface area (Å²) in [6.07, 6.45) is 0. The first-order valence-electron chi connectivity index (χ1n) is 11.2. The smallest absolute Gasteiger partial charge is 0.277 e. The zero-order chi connectivity index (χ0) is 24.7. The number of carbonyl (C=O) groups is 2. The molecule has 0 radical (unpaired) electrons. The van der Waals surface area contributed by atoms with Gasteiger partial charge in [0.25, 0.3) is 11.8 Å². The number of rotatable bonds is 3. The minimum atomic E-state index is -1.23. The van der Waals surface area contributed by atoms with E-state index >= 15 is 0 Å². The van der Waals surface area contributed by atoms with Gasteiger partial charge < -0.3 is 5.32 Å². The first-order valence-corrected chi connectivity index (χ1v) is 11.2. The van der Waals surface area contributed by atoms with Gasteiger partial charge >= 0.3 is 0 Å². The van der Waals surface area contributed by atoms with Crippen molar-refractivity contribution in [3.05, 3.63) is 113 Å². The maximum absolute atomic E-state index is 14.4. The van der Waals surface area contributed by atoms with Crippen LogP contribution >= 0.6 is 0 Å². The molecule has 0 aliphatic carbocycles. The van der Waals surface area contributed by atoms with Crippen molar-refractivity contribution in [2.45, 2.75) is 26.2 Å². The molecule has 0 spiro atoms. The van der Waals surface area contributed by atoms with Crippen LogP contribution in [0.15, 0.2) is 83.9 Å². The Kier molecular flexibility index (Phi) is 5.40. The third-order valence-electron chi connectivity index (χ3n) is 6.36. The largest absolute Gasteiger partial charge is 0.305 e. The minimum Gasteiger partial charge on any atom is -0.305 e. The summed E-state index contributed by atoms with van der Waals surface area (Å²) >= 11 is 0. The zero-order valence-electron chi connectivity index (χ0n) is 19.5. The van der Waals surface area contributed by atoms with Gasteiger partial charge in [-0.3, -0.25) is 9.59 Å². The maximum atomic E-state index is 14.4. The lowest BCUT2D eigenvalue weighted by molar-refractivity contribution is -0.110. The van der Waals surface area contributed by atoms with Crippen molar-refractivity contribution in [3.63, 3.8) is 0 Å². The predicted molar refractivity (Wildman–Crippen MR) is 133 cm³/mol. The Morgan fingerprint density at radius 2 is 1.74 bits per heavy atom. The number of hydrogen-bond acceptors (Lipinski definition) is 3. The fourth-order valence-electron chi connectivity index (χ4n) is 4.70. The van der Waals surface area contributed by atoms with E-state index in [1.165, 1.54) is 12.1 Å². The average Bonchev–Trinajstić information content (AvgIpc) is 3.18. The summed E-state index contributed by atoms with van der Waals surface area (Å²) in [5.41, 5.74) is 2.58. The number of aromatic nitrogens is 2. The Hall–Kier alpha value is -4.39. The highest BCUT2D eigenvalue weighted by Crippen LogP contribution is 2.44. The standard InChI is InChI=1S/C28H23FN4O2/c1-17-9-7-10-19(15-17)26(34)30-24-27(35)31-25-23(28(24,3)20-11-8-12-21(29)16-20)18(2)32-33(25)22-13-5-4-6-14-22/h4-16H,1-3H3,(H,31,35). The summed E-state index contributed by atoms with van der Waals surface area (Å²) in [6.45, 7) is 5.49. The molecule has 1 aliphatic heterocycles. The number of aryl methyl sites for hydroxylation is 2. The molecule has 1 aliphatic rings. The molecule has 1 atom stereocenters. The van der Waals surface area contributed by atoms with Crippen LogP contribution in [0.25, 0.3) is 5.69 Å². The molecule has 35 heavy (non-hydrogen) atoms. The number of carbonyl (C=O) groups excluding carboxylic acids is 2. The number of anilines is 1. The van der Waals surface area contributed by atoms with Crippen molar-refractivity contribution < 1.29 is 14.0 Å². The van der Waals surface area contributed by atoms with Crippen LogP contribution < -0.4 is 5.32 Å². The topological polar surface area (TPSA) is 76.3 Å². The molecule has 6 nitrogen and oxygen atoms in total.